The van der Waals surface area contributed by atoms with Gasteiger partial charge in [-0.05, 0) is 29.2 Å². The van der Waals surface area contributed by atoms with Gasteiger partial charge in [-0.25, -0.2) is 9.59 Å². The molecule has 0 aromatic heterocycles. The summed E-state index contributed by atoms with van der Waals surface area (Å²) in [6.07, 6.45) is -0.848. The van der Waals surface area contributed by atoms with Crippen LogP contribution in [0.25, 0.3) is 11.1 Å². The van der Waals surface area contributed by atoms with Gasteiger partial charge >= 0.3 is 12.1 Å². The van der Waals surface area contributed by atoms with Crippen LogP contribution in [0.1, 0.15) is 30.4 Å². The summed E-state index contributed by atoms with van der Waals surface area (Å²) in [6.45, 7) is 1.82. The number of ether oxygens (including phenoxy) is 2. The minimum Gasteiger partial charge on any atom is -0.480 e. The molecule has 2 amide bonds. The Hall–Kier alpha value is -3.39. The fourth-order valence-electron chi connectivity index (χ4n) is 4.57. The standard InChI is InChI=1S/C24H26N2O6/c1-14(22(27)26-12-15(31-2)11-21(26)23(28)29)25-24(30)32-13-20-18-9-5-3-7-16(18)17-8-4-6-10-19(17)20/h3-10,14-15,20-21H,11-13H2,1-2H3,(H,25,30)(H,28,29). The predicted molar refractivity (Wildman–Crippen MR) is 116 cm³/mol. The third kappa shape index (κ3) is 4.05. The molecule has 0 bridgehead atoms. The molecular weight excluding hydrogens is 412 g/mol. The van der Waals surface area contributed by atoms with Crippen molar-refractivity contribution in [3.05, 3.63) is 59.7 Å². The number of hydrogen-bond donors (Lipinski definition) is 2. The van der Waals surface area contributed by atoms with Gasteiger partial charge in [0.15, 0.2) is 0 Å². The zero-order chi connectivity index (χ0) is 22.8. The monoisotopic (exact) mass is 438 g/mol. The van der Waals surface area contributed by atoms with Crippen LogP contribution in [-0.4, -0.2) is 66.4 Å². The molecule has 3 unspecified atom stereocenters. The molecule has 3 atom stereocenters. The molecule has 0 saturated carbocycles. The van der Waals surface area contributed by atoms with E-state index in [1.165, 1.54) is 18.9 Å². The van der Waals surface area contributed by atoms with Crippen LogP contribution < -0.4 is 5.32 Å². The highest BCUT2D eigenvalue weighted by Gasteiger charge is 2.41. The van der Waals surface area contributed by atoms with E-state index < -0.39 is 30.1 Å². The molecule has 168 valence electrons. The third-order valence-electron chi connectivity index (χ3n) is 6.21. The van der Waals surface area contributed by atoms with E-state index >= 15 is 0 Å². The summed E-state index contributed by atoms with van der Waals surface area (Å²) in [5, 5.41) is 11.9. The molecule has 2 aliphatic rings. The minimum atomic E-state index is -1.09. The number of likely N-dealkylation sites (tertiary alicyclic amines) is 1. The average Bonchev–Trinajstić information content (AvgIpc) is 3.37. The molecule has 1 aliphatic heterocycles. The lowest BCUT2D eigenvalue weighted by molar-refractivity contribution is -0.148. The number of fused-ring (bicyclic) bond motifs is 3. The lowest BCUT2D eigenvalue weighted by Crippen LogP contribution is -2.50. The summed E-state index contributed by atoms with van der Waals surface area (Å²) in [7, 11) is 1.48. The Balaban J connectivity index is 1.38. The zero-order valence-corrected chi connectivity index (χ0v) is 18.0. The van der Waals surface area contributed by atoms with Crippen LogP contribution in [0.5, 0.6) is 0 Å². The number of hydrogen-bond acceptors (Lipinski definition) is 5. The molecule has 1 heterocycles. The molecule has 2 N–H and O–H groups in total. The second-order valence-corrected chi connectivity index (χ2v) is 8.13. The first-order valence-corrected chi connectivity index (χ1v) is 10.6. The topological polar surface area (TPSA) is 105 Å². The maximum absolute atomic E-state index is 12.8. The van der Waals surface area contributed by atoms with E-state index in [1.807, 2.05) is 36.4 Å². The molecule has 0 spiro atoms. The van der Waals surface area contributed by atoms with E-state index in [0.29, 0.717) is 0 Å². The average molecular weight is 438 g/mol. The van der Waals surface area contributed by atoms with Crippen molar-refractivity contribution in [2.75, 3.05) is 20.3 Å². The number of amides is 2. The van der Waals surface area contributed by atoms with Gasteiger partial charge in [-0.2, -0.15) is 0 Å². The quantitative estimate of drug-likeness (QED) is 0.718. The van der Waals surface area contributed by atoms with Crippen LogP contribution >= 0.6 is 0 Å². The van der Waals surface area contributed by atoms with E-state index in [4.69, 9.17) is 9.47 Å². The first-order chi connectivity index (χ1) is 15.4. The first-order valence-electron chi connectivity index (χ1n) is 10.6. The highest BCUT2D eigenvalue weighted by atomic mass is 16.5. The maximum Gasteiger partial charge on any atom is 0.407 e. The van der Waals surface area contributed by atoms with Gasteiger partial charge in [0.2, 0.25) is 5.91 Å². The van der Waals surface area contributed by atoms with Crippen molar-refractivity contribution in [3.63, 3.8) is 0 Å². The Morgan fingerprint density at radius 3 is 2.25 bits per heavy atom. The van der Waals surface area contributed by atoms with Gasteiger partial charge in [0.05, 0.1) is 6.10 Å². The lowest BCUT2D eigenvalue weighted by Gasteiger charge is -2.25. The summed E-state index contributed by atoms with van der Waals surface area (Å²) in [6, 6.07) is 14.1. The fraction of sp³-hybridized carbons (Fsp3) is 0.375. The first kappa shape index (κ1) is 21.8. The number of nitrogens with one attached hydrogen (secondary N) is 1. The molecule has 1 aliphatic carbocycles. The van der Waals surface area contributed by atoms with E-state index in [1.54, 1.807) is 0 Å². The van der Waals surface area contributed by atoms with Gasteiger partial charge in [0.25, 0.3) is 0 Å². The third-order valence-corrected chi connectivity index (χ3v) is 6.21. The Kier molecular flexibility index (Phi) is 6.14. The number of carbonyl (C=O) groups is 3. The van der Waals surface area contributed by atoms with Crippen LogP contribution in [0.2, 0.25) is 0 Å². The molecule has 8 heteroatoms. The number of aliphatic carboxylic acids is 1. The predicted octanol–water partition coefficient (Wildman–Crippen LogP) is 2.61. The Labute approximate surface area is 186 Å². The van der Waals surface area contributed by atoms with Crippen LogP contribution in [0.15, 0.2) is 48.5 Å². The number of nitrogens with zero attached hydrogens (tertiary/aromatic N) is 1. The van der Waals surface area contributed by atoms with Crippen LogP contribution in [-0.2, 0) is 19.1 Å². The molecule has 2 aromatic rings. The highest BCUT2D eigenvalue weighted by Crippen LogP contribution is 2.44. The van der Waals surface area contributed by atoms with Crippen LogP contribution in [0.3, 0.4) is 0 Å². The van der Waals surface area contributed by atoms with Gasteiger partial charge in [-0.15, -0.1) is 0 Å². The summed E-state index contributed by atoms with van der Waals surface area (Å²) >= 11 is 0. The minimum absolute atomic E-state index is 0.0865. The van der Waals surface area contributed by atoms with E-state index in [9.17, 15) is 19.5 Å². The van der Waals surface area contributed by atoms with Gasteiger partial charge < -0.3 is 24.8 Å². The van der Waals surface area contributed by atoms with Crippen molar-refractivity contribution in [2.45, 2.75) is 37.5 Å². The smallest absolute Gasteiger partial charge is 0.407 e. The van der Waals surface area contributed by atoms with Crippen molar-refractivity contribution in [2.24, 2.45) is 0 Å². The number of carbonyl (C=O) groups excluding carboxylic acids is 2. The maximum atomic E-state index is 12.8. The number of benzene rings is 2. The van der Waals surface area contributed by atoms with E-state index in [0.717, 1.165) is 22.3 Å². The number of carboxylic acids is 1. The molecule has 1 fully saturated rings. The Morgan fingerprint density at radius 1 is 1.09 bits per heavy atom. The molecule has 2 aromatic carbocycles. The molecule has 1 saturated heterocycles. The van der Waals surface area contributed by atoms with Crippen molar-refractivity contribution >= 4 is 18.0 Å². The molecule has 4 rings (SSSR count). The van der Waals surface area contributed by atoms with Crippen molar-refractivity contribution < 1.29 is 29.0 Å². The van der Waals surface area contributed by atoms with E-state index in [2.05, 4.69) is 17.4 Å². The number of rotatable bonds is 6. The van der Waals surface area contributed by atoms with Crippen LogP contribution in [0, 0.1) is 0 Å². The van der Waals surface area contributed by atoms with E-state index in [-0.39, 0.29) is 31.6 Å². The largest absolute Gasteiger partial charge is 0.480 e. The van der Waals surface area contributed by atoms with Gasteiger partial charge in [0.1, 0.15) is 18.7 Å². The molecule has 8 nitrogen and oxygen atoms in total. The zero-order valence-electron chi connectivity index (χ0n) is 18.0. The number of alkyl carbamates (subject to hydrolysis) is 1. The second-order valence-electron chi connectivity index (χ2n) is 8.13. The fourth-order valence-corrected chi connectivity index (χ4v) is 4.57. The molecule has 32 heavy (non-hydrogen) atoms. The van der Waals surface area contributed by atoms with Gasteiger partial charge in [0, 0.05) is 26.0 Å². The Bertz CT molecular complexity index is 993. The summed E-state index contributed by atoms with van der Waals surface area (Å²) in [4.78, 5) is 38.0. The summed E-state index contributed by atoms with van der Waals surface area (Å²) in [5.74, 6) is -1.66. The number of carboxylic acid groups (broad SMARTS) is 1. The van der Waals surface area contributed by atoms with Crippen molar-refractivity contribution in [3.8, 4) is 11.1 Å². The summed E-state index contributed by atoms with van der Waals surface area (Å²) in [5.41, 5.74) is 4.44. The van der Waals surface area contributed by atoms with Crippen molar-refractivity contribution in [1.29, 1.82) is 0 Å². The summed E-state index contributed by atoms with van der Waals surface area (Å²) < 4.78 is 10.7. The van der Waals surface area contributed by atoms with Gasteiger partial charge in [-0.3, -0.25) is 4.79 Å². The molecular formula is C24H26N2O6. The van der Waals surface area contributed by atoms with Gasteiger partial charge in [-0.1, -0.05) is 48.5 Å². The van der Waals surface area contributed by atoms with Crippen molar-refractivity contribution in [1.82, 2.24) is 10.2 Å². The van der Waals surface area contributed by atoms with Crippen LogP contribution in [0.4, 0.5) is 4.79 Å². The lowest BCUT2D eigenvalue weighted by atomic mass is 9.98. The second kappa shape index (κ2) is 9.00. The Morgan fingerprint density at radius 2 is 1.69 bits per heavy atom. The normalized spacial score (nSPS) is 20.4. The number of methoxy groups -OCH3 is 1. The molecule has 0 radical (unpaired) electrons. The SMILES string of the molecule is COC1CC(C(=O)O)N(C(=O)C(C)NC(=O)OCC2c3ccccc3-c3ccccc32)C1. The highest BCUT2D eigenvalue weighted by molar-refractivity contribution is 5.89.